The predicted molar refractivity (Wildman–Crippen MR) is 108 cm³/mol. The van der Waals surface area contributed by atoms with Crippen LogP contribution in [0.2, 0.25) is 0 Å². The van der Waals surface area contributed by atoms with Gasteiger partial charge in [0.15, 0.2) is 5.82 Å². The van der Waals surface area contributed by atoms with E-state index in [1.165, 1.54) is 12.1 Å². The van der Waals surface area contributed by atoms with Crippen molar-refractivity contribution in [1.29, 1.82) is 0 Å². The summed E-state index contributed by atoms with van der Waals surface area (Å²) in [7, 11) is 0. The first kappa shape index (κ1) is 21.2. The van der Waals surface area contributed by atoms with E-state index in [1.807, 2.05) is 16.9 Å². The van der Waals surface area contributed by atoms with E-state index in [9.17, 15) is 22.8 Å². The lowest BCUT2D eigenvalue weighted by Crippen LogP contribution is -2.38. The Morgan fingerprint density at radius 2 is 1.97 bits per heavy atom. The van der Waals surface area contributed by atoms with Crippen molar-refractivity contribution in [2.75, 3.05) is 18.0 Å². The third kappa shape index (κ3) is 5.00. The minimum Gasteiger partial charge on any atom is -0.349 e. The summed E-state index contributed by atoms with van der Waals surface area (Å²) in [5.74, 6) is 0.550. The van der Waals surface area contributed by atoms with Crippen molar-refractivity contribution in [3.63, 3.8) is 0 Å². The second kappa shape index (κ2) is 8.60. The molecule has 0 bridgehead atoms. The van der Waals surface area contributed by atoms with Gasteiger partial charge in [0.1, 0.15) is 0 Å². The molecule has 0 unspecified atom stereocenters. The number of nitrogens with zero attached hydrogens (tertiary/aromatic N) is 3. The fourth-order valence-corrected chi connectivity index (χ4v) is 4.15. The minimum absolute atomic E-state index is 0.0203. The molecule has 0 radical (unpaired) electrons. The zero-order valence-corrected chi connectivity index (χ0v) is 16.9. The normalized spacial score (nSPS) is 21.8. The summed E-state index contributed by atoms with van der Waals surface area (Å²) in [6.45, 7) is 1.94. The molecule has 1 aliphatic heterocycles. The molecule has 2 fully saturated rings. The number of halogens is 3. The Kier molecular flexibility index (Phi) is 5.88. The Balaban J connectivity index is 1.27. The maximum atomic E-state index is 12.9. The van der Waals surface area contributed by atoms with Crippen LogP contribution in [0.5, 0.6) is 0 Å². The maximum absolute atomic E-state index is 12.9. The molecule has 2 aliphatic rings. The van der Waals surface area contributed by atoms with E-state index in [0.29, 0.717) is 24.8 Å². The van der Waals surface area contributed by atoms with Crippen LogP contribution in [-0.4, -0.2) is 40.9 Å². The third-order valence-electron chi connectivity index (χ3n) is 5.84. The molecular formula is C21H24F3N5O2. The number of carbonyl (C=O) groups excluding carboxylic acids is 2. The fraction of sp³-hybridized carbons (Fsp3) is 0.476. The highest BCUT2D eigenvalue weighted by Gasteiger charge is 2.31. The van der Waals surface area contributed by atoms with E-state index in [1.54, 1.807) is 4.90 Å². The Morgan fingerprint density at radius 1 is 1.19 bits per heavy atom. The SMILES string of the molecule is O=C(N[C@H]1CC[C@H](Cn2ccc(N3CCNC3=O)n2)CC1)c1cccc(C(F)(F)F)c1. The molecule has 3 amide bonds. The molecule has 31 heavy (non-hydrogen) atoms. The second-order valence-electron chi connectivity index (χ2n) is 8.05. The van der Waals surface area contributed by atoms with Gasteiger partial charge in [-0.3, -0.25) is 14.4 Å². The number of hydrogen-bond acceptors (Lipinski definition) is 3. The van der Waals surface area contributed by atoms with Crippen molar-refractivity contribution in [1.82, 2.24) is 20.4 Å². The first-order valence-corrected chi connectivity index (χ1v) is 10.4. The largest absolute Gasteiger partial charge is 0.416 e. The number of carbonyl (C=O) groups is 2. The summed E-state index contributed by atoms with van der Waals surface area (Å²) >= 11 is 0. The second-order valence-corrected chi connectivity index (χ2v) is 8.05. The van der Waals surface area contributed by atoms with Crippen molar-refractivity contribution in [3.05, 3.63) is 47.7 Å². The highest BCUT2D eigenvalue weighted by molar-refractivity contribution is 5.94. The summed E-state index contributed by atoms with van der Waals surface area (Å²) in [4.78, 5) is 25.7. The average Bonchev–Trinajstić information content (AvgIpc) is 3.37. The smallest absolute Gasteiger partial charge is 0.349 e. The van der Waals surface area contributed by atoms with Crippen molar-refractivity contribution in [3.8, 4) is 0 Å². The van der Waals surface area contributed by atoms with Crippen molar-refractivity contribution < 1.29 is 22.8 Å². The highest BCUT2D eigenvalue weighted by atomic mass is 19.4. The number of rotatable bonds is 5. The molecule has 1 saturated heterocycles. The number of alkyl halides is 3. The van der Waals surface area contributed by atoms with Crippen LogP contribution in [0.4, 0.5) is 23.8 Å². The first-order chi connectivity index (χ1) is 14.8. The topological polar surface area (TPSA) is 79.3 Å². The lowest BCUT2D eigenvalue weighted by Gasteiger charge is -2.29. The Morgan fingerprint density at radius 3 is 2.65 bits per heavy atom. The molecule has 0 spiro atoms. The number of nitrogens with one attached hydrogen (secondary N) is 2. The molecule has 1 aliphatic carbocycles. The first-order valence-electron chi connectivity index (χ1n) is 10.4. The van der Waals surface area contributed by atoms with Gasteiger partial charge in [0.05, 0.1) is 5.56 Å². The Bertz CT molecular complexity index is 950. The van der Waals surface area contributed by atoms with E-state index < -0.39 is 17.6 Å². The summed E-state index contributed by atoms with van der Waals surface area (Å²) in [6.07, 6.45) is 0.678. The van der Waals surface area contributed by atoms with Crippen LogP contribution in [-0.2, 0) is 12.7 Å². The van der Waals surface area contributed by atoms with Crippen molar-refractivity contribution in [2.45, 2.75) is 44.4 Å². The standard InChI is InChI=1S/C21H24F3N5O2/c22-21(23,24)16-3-1-2-15(12-16)19(30)26-17-6-4-14(5-7-17)13-28-10-8-18(27-28)29-11-9-25-20(29)31/h1-3,8,10,12,14,17H,4-7,9,11,13H2,(H,25,31)(H,26,30)/t14-,17-. The number of benzene rings is 1. The maximum Gasteiger partial charge on any atom is 0.416 e. The summed E-state index contributed by atoms with van der Waals surface area (Å²) in [6, 6.07) is 6.12. The van der Waals surface area contributed by atoms with Gasteiger partial charge in [-0.1, -0.05) is 6.07 Å². The van der Waals surface area contributed by atoms with E-state index in [4.69, 9.17) is 0 Å². The lowest BCUT2D eigenvalue weighted by molar-refractivity contribution is -0.137. The van der Waals surface area contributed by atoms with Gasteiger partial charge in [-0.15, -0.1) is 0 Å². The molecular weight excluding hydrogens is 411 g/mol. The summed E-state index contributed by atoms with van der Waals surface area (Å²) < 4.78 is 40.4. The van der Waals surface area contributed by atoms with Crippen molar-refractivity contribution in [2.24, 2.45) is 5.92 Å². The van der Waals surface area contributed by atoms with Gasteiger partial charge >= 0.3 is 12.2 Å². The number of amides is 3. The van der Waals surface area contributed by atoms with Gasteiger partial charge in [0, 0.05) is 43.5 Å². The van der Waals surface area contributed by atoms with E-state index in [-0.39, 0.29) is 17.6 Å². The Hall–Kier alpha value is -3.04. The van der Waals surface area contributed by atoms with E-state index in [0.717, 1.165) is 44.4 Å². The van der Waals surface area contributed by atoms with E-state index in [2.05, 4.69) is 15.7 Å². The van der Waals surface area contributed by atoms with Gasteiger partial charge in [-0.2, -0.15) is 18.3 Å². The molecule has 2 N–H and O–H groups in total. The quantitative estimate of drug-likeness (QED) is 0.756. The van der Waals surface area contributed by atoms with Gasteiger partial charge in [0.25, 0.3) is 5.91 Å². The van der Waals surface area contributed by atoms with Crippen LogP contribution in [0.25, 0.3) is 0 Å². The molecule has 4 rings (SSSR count). The number of anilines is 1. The zero-order valence-electron chi connectivity index (χ0n) is 16.9. The van der Waals surface area contributed by atoms with Crippen LogP contribution < -0.4 is 15.5 Å². The van der Waals surface area contributed by atoms with Gasteiger partial charge in [-0.05, 0) is 49.8 Å². The van der Waals surface area contributed by atoms with E-state index >= 15 is 0 Å². The molecule has 10 heteroatoms. The van der Waals surface area contributed by atoms with Crippen LogP contribution in [0, 0.1) is 5.92 Å². The monoisotopic (exact) mass is 435 g/mol. The van der Waals surface area contributed by atoms with Crippen LogP contribution in [0.1, 0.15) is 41.6 Å². The third-order valence-corrected chi connectivity index (χ3v) is 5.84. The van der Waals surface area contributed by atoms with Crippen LogP contribution >= 0.6 is 0 Å². The van der Waals surface area contributed by atoms with Crippen molar-refractivity contribution >= 4 is 17.8 Å². The van der Waals surface area contributed by atoms with Crippen LogP contribution in [0.15, 0.2) is 36.5 Å². The predicted octanol–water partition coefficient (Wildman–Crippen LogP) is 3.42. The van der Waals surface area contributed by atoms with Gasteiger partial charge in [-0.25, -0.2) is 4.79 Å². The molecule has 0 atom stereocenters. The minimum atomic E-state index is -4.47. The molecule has 1 saturated carbocycles. The molecule has 7 nitrogen and oxygen atoms in total. The average molecular weight is 435 g/mol. The summed E-state index contributed by atoms with van der Waals surface area (Å²) in [5, 5.41) is 10.1. The lowest BCUT2D eigenvalue weighted by atomic mass is 9.86. The number of urea groups is 1. The number of aromatic nitrogens is 2. The molecule has 1 aromatic carbocycles. The molecule has 1 aromatic heterocycles. The molecule has 2 aromatic rings. The fourth-order valence-electron chi connectivity index (χ4n) is 4.15. The number of hydrogen-bond donors (Lipinski definition) is 2. The summed E-state index contributed by atoms with van der Waals surface area (Å²) in [5.41, 5.74) is -0.805. The highest BCUT2D eigenvalue weighted by Crippen LogP contribution is 2.30. The molecule has 166 valence electrons. The Labute approximate surface area is 177 Å². The van der Waals surface area contributed by atoms with Crippen LogP contribution in [0.3, 0.4) is 0 Å². The zero-order chi connectivity index (χ0) is 22.0. The van der Waals surface area contributed by atoms with Gasteiger partial charge in [0.2, 0.25) is 0 Å². The molecule has 2 heterocycles. The van der Waals surface area contributed by atoms with Gasteiger partial charge < -0.3 is 10.6 Å².